The number of aliphatic hydroxyl groups excluding tert-OH is 5. The van der Waals surface area contributed by atoms with Crippen molar-refractivity contribution in [3.05, 3.63) is 12.2 Å². The largest absolute Gasteiger partial charge is 0.466 e. The van der Waals surface area contributed by atoms with Crippen molar-refractivity contribution in [2.24, 2.45) is 0 Å². The molecular formula is C54H103NO10. The van der Waals surface area contributed by atoms with Crippen LogP contribution in [0.4, 0.5) is 0 Å². The zero-order chi connectivity index (χ0) is 47.4. The van der Waals surface area contributed by atoms with Gasteiger partial charge in [-0.25, -0.2) is 0 Å². The Bertz CT molecular complexity index is 1090. The standard InChI is InChI=1S/C54H103NO10/c1-3-5-7-9-11-13-14-15-19-22-26-30-34-38-42-50(59)63-43-39-35-31-27-23-20-17-16-18-21-25-29-33-37-41-49(58)55-46(47(57)40-36-32-28-24-12-10-8-6-4-2)45-64-54-53(62)52(61)51(60)48(44-56)65-54/h36,40,46-48,51-54,56-57,60-62H,3-35,37-39,41-45H2,1-2H3,(H,55,58)/b40-36+. The predicted molar refractivity (Wildman–Crippen MR) is 265 cm³/mol. The Morgan fingerprint density at radius 2 is 0.969 bits per heavy atom. The summed E-state index contributed by atoms with van der Waals surface area (Å²) in [6.45, 7) is 4.28. The highest BCUT2D eigenvalue weighted by molar-refractivity contribution is 5.76. The topological polar surface area (TPSA) is 175 Å². The first kappa shape index (κ1) is 61.4. The van der Waals surface area contributed by atoms with Crippen molar-refractivity contribution >= 4 is 11.9 Å². The van der Waals surface area contributed by atoms with Crippen LogP contribution in [0.5, 0.6) is 0 Å². The summed E-state index contributed by atoms with van der Waals surface area (Å²) in [6, 6.07) is -0.815. The van der Waals surface area contributed by atoms with E-state index >= 15 is 0 Å². The Morgan fingerprint density at radius 3 is 1.43 bits per heavy atom. The number of ether oxygens (including phenoxy) is 3. The number of amides is 1. The van der Waals surface area contributed by atoms with Crippen LogP contribution < -0.4 is 5.32 Å². The molecule has 1 saturated heterocycles. The van der Waals surface area contributed by atoms with E-state index in [0.717, 1.165) is 70.6 Å². The first-order valence-electron chi connectivity index (χ1n) is 27.5. The Kier molecular flexibility index (Phi) is 42.4. The van der Waals surface area contributed by atoms with E-state index < -0.39 is 49.5 Å². The summed E-state index contributed by atoms with van der Waals surface area (Å²) in [5, 5.41) is 54.1. The molecule has 0 radical (unpaired) electrons. The molecule has 1 amide bonds. The van der Waals surface area contributed by atoms with Crippen LogP contribution in [0.15, 0.2) is 12.2 Å². The maximum atomic E-state index is 13.0. The minimum atomic E-state index is -1.57. The molecule has 7 unspecified atom stereocenters. The molecule has 0 aromatic heterocycles. The van der Waals surface area contributed by atoms with Gasteiger partial charge in [-0.1, -0.05) is 225 Å². The summed E-state index contributed by atoms with van der Waals surface area (Å²) < 4.78 is 16.7. The highest BCUT2D eigenvalue weighted by Crippen LogP contribution is 2.23. The van der Waals surface area contributed by atoms with Crippen LogP contribution in [0.1, 0.15) is 258 Å². The lowest BCUT2D eigenvalue weighted by Gasteiger charge is -2.40. The van der Waals surface area contributed by atoms with Crippen LogP contribution in [-0.2, 0) is 23.8 Å². The van der Waals surface area contributed by atoms with Crippen LogP contribution in [0, 0.1) is 0 Å². The van der Waals surface area contributed by atoms with Gasteiger partial charge < -0.3 is 45.1 Å². The van der Waals surface area contributed by atoms with Gasteiger partial charge in [0.15, 0.2) is 6.29 Å². The Morgan fingerprint density at radius 1 is 0.554 bits per heavy atom. The molecule has 11 heteroatoms. The summed E-state index contributed by atoms with van der Waals surface area (Å²) in [7, 11) is 0. The van der Waals surface area contributed by atoms with Crippen molar-refractivity contribution in [1.29, 1.82) is 0 Å². The van der Waals surface area contributed by atoms with Gasteiger partial charge in [0.05, 0.1) is 32.0 Å². The van der Waals surface area contributed by atoms with E-state index in [-0.39, 0.29) is 18.5 Å². The van der Waals surface area contributed by atoms with Crippen LogP contribution >= 0.6 is 0 Å². The minimum absolute atomic E-state index is 0.0206. The number of nitrogens with one attached hydrogen (secondary N) is 1. The number of carbonyl (C=O) groups excluding carboxylic acids is 2. The van der Waals surface area contributed by atoms with E-state index in [1.54, 1.807) is 6.08 Å². The second kappa shape index (κ2) is 44.9. The SMILES string of the molecule is CCCCCCCCC/C=C/C(O)C(COC1OC(CO)C(O)C(O)C1O)NC(=O)CCCCCCCCCCCCCCCCOC(=O)CCCCCCCCCCCCCCCC. The molecule has 7 atom stereocenters. The molecule has 1 aliphatic heterocycles. The predicted octanol–water partition coefficient (Wildman–Crippen LogP) is 11.6. The van der Waals surface area contributed by atoms with Crippen molar-refractivity contribution in [2.45, 2.75) is 301 Å². The monoisotopic (exact) mass is 926 g/mol. The molecule has 0 spiro atoms. The number of aliphatic hydroxyl groups is 5. The van der Waals surface area contributed by atoms with Crippen molar-refractivity contribution in [1.82, 2.24) is 5.32 Å². The number of hydrogen-bond donors (Lipinski definition) is 6. The molecule has 384 valence electrons. The number of allylic oxidation sites excluding steroid dienone is 1. The number of rotatable bonds is 47. The molecule has 0 aliphatic carbocycles. The Balaban J connectivity index is 2.08. The number of hydrogen-bond acceptors (Lipinski definition) is 10. The van der Waals surface area contributed by atoms with Gasteiger partial charge in [0, 0.05) is 12.8 Å². The van der Waals surface area contributed by atoms with Gasteiger partial charge in [-0.3, -0.25) is 9.59 Å². The third kappa shape index (κ3) is 35.2. The van der Waals surface area contributed by atoms with Gasteiger partial charge >= 0.3 is 5.97 Å². The number of esters is 1. The summed E-state index contributed by atoms with van der Waals surface area (Å²) >= 11 is 0. The lowest BCUT2D eigenvalue weighted by atomic mass is 9.99. The lowest BCUT2D eigenvalue weighted by Crippen LogP contribution is -2.60. The smallest absolute Gasteiger partial charge is 0.305 e. The second-order valence-electron chi connectivity index (χ2n) is 19.3. The van der Waals surface area contributed by atoms with E-state index in [1.807, 2.05) is 6.08 Å². The molecule has 1 rings (SSSR count). The van der Waals surface area contributed by atoms with E-state index in [2.05, 4.69) is 19.2 Å². The van der Waals surface area contributed by atoms with Gasteiger partial charge in [0.2, 0.25) is 5.91 Å². The molecule has 0 aromatic rings. The average molecular weight is 926 g/mol. The highest BCUT2D eigenvalue weighted by atomic mass is 16.7. The summed E-state index contributed by atoms with van der Waals surface area (Å²) in [5.74, 6) is -0.214. The molecule has 65 heavy (non-hydrogen) atoms. The van der Waals surface area contributed by atoms with Crippen LogP contribution in [0.25, 0.3) is 0 Å². The van der Waals surface area contributed by atoms with Gasteiger partial charge in [-0.15, -0.1) is 0 Å². The molecule has 0 bridgehead atoms. The maximum Gasteiger partial charge on any atom is 0.305 e. The molecule has 0 saturated carbocycles. The maximum absolute atomic E-state index is 13.0. The van der Waals surface area contributed by atoms with Gasteiger partial charge in [0.25, 0.3) is 0 Å². The van der Waals surface area contributed by atoms with Crippen LogP contribution in [0.2, 0.25) is 0 Å². The van der Waals surface area contributed by atoms with Crippen molar-refractivity contribution in [3.63, 3.8) is 0 Å². The van der Waals surface area contributed by atoms with Gasteiger partial charge in [-0.2, -0.15) is 0 Å². The van der Waals surface area contributed by atoms with E-state index in [1.165, 1.54) is 161 Å². The fraction of sp³-hybridized carbons (Fsp3) is 0.926. The zero-order valence-electron chi connectivity index (χ0n) is 42.0. The van der Waals surface area contributed by atoms with Crippen molar-refractivity contribution in [2.75, 3.05) is 19.8 Å². The Hall–Kier alpha value is -1.60. The van der Waals surface area contributed by atoms with E-state index in [0.29, 0.717) is 19.4 Å². The quantitative estimate of drug-likeness (QED) is 0.0196. The third-order valence-electron chi connectivity index (χ3n) is 13.2. The fourth-order valence-corrected chi connectivity index (χ4v) is 8.73. The minimum Gasteiger partial charge on any atom is -0.466 e. The molecule has 1 fully saturated rings. The van der Waals surface area contributed by atoms with E-state index in [9.17, 15) is 35.1 Å². The lowest BCUT2D eigenvalue weighted by molar-refractivity contribution is -0.302. The van der Waals surface area contributed by atoms with Crippen molar-refractivity contribution < 1.29 is 49.3 Å². The fourth-order valence-electron chi connectivity index (χ4n) is 8.73. The number of unbranched alkanes of at least 4 members (excludes halogenated alkanes) is 33. The van der Waals surface area contributed by atoms with Crippen LogP contribution in [-0.4, -0.2) is 100 Å². The summed E-state index contributed by atoms with van der Waals surface area (Å²) in [6.07, 6.45) is 40.1. The third-order valence-corrected chi connectivity index (χ3v) is 13.2. The molecule has 1 heterocycles. The molecular weight excluding hydrogens is 823 g/mol. The normalized spacial score (nSPS) is 19.8. The second-order valence-corrected chi connectivity index (χ2v) is 19.3. The summed E-state index contributed by atoms with van der Waals surface area (Å²) in [5.41, 5.74) is 0. The zero-order valence-corrected chi connectivity index (χ0v) is 42.0. The molecule has 1 aliphatic rings. The van der Waals surface area contributed by atoms with Gasteiger partial charge in [-0.05, 0) is 32.1 Å². The highest BCUT2D eigenvalue weighted by Gasteiger charge is 2.44. The first-order chi connectivity index (χ1) is 31.7. The molecule has 6 N–H and O–H groups in total. The van der Waals surface area contributed by atoms with Crippen LogP contribution in [0.3, 0.4) is 0 Å². The number of carbonyl (C=O) groups is 2. The summed E-state index contributed by atoms with van der Waals surface area (Å²) in [4.78, 5) is 25.0. The van der Waals surface area contributed by atoms with Crippen molar-refractivity contribution in [3.8, 4) is 0 Å². The van der Waals surface area contributed by atoms with E-state index in [4.69, 9.17) is 14.2 Å². The average Bonchev–Trinajstić information content (AvgIpc) is 3.30. The molecule has 0 aromatic carbocycles. The first-order valence-corrected chi connectivity index (χ1v) is 27.5. The van der Waals surface area contributed by atoms with Gasteiger partial charge in [0.1, 0.15) is 24.4 Å². The Labute approximate surface area is 398 Å². The molecule has 11 nitrogen and oxygen atoms in total.